The summed E-state index contributed by atoms with van der Waals surface area (Å²) in [7, 11) is 0. The van der Waals surface area contributed by atoms with Gasteiger partial charge in [0.25, 0.3) is 0 Å². The fourth-order valence-corrected chi connectivity index (χ4v) is 0.127. The van der Waals surface area contributed by atoms with Crippen molar-refractivity contribution in [3.05, 3.63) is 0 Å². The molecular weight excluding hydrogens is 97.5 g/mol. The maximum atomic E-state index is 7.21. The molecule has 1 nitrogen and oxygen atoms in total. The van der Waals surface area contributed by atoms with Crippen LogP contribution in [0.5, 0.6) is 0 Å². The largest absolute Gasteiger partial charge is 0.308 e. The SMILES string of the molecule is [2H]C([2H])([2H])N(C([2H])([2H])[2H])C([2H])([2H])C([2H])([2H])Cl. The van der Waals surface area contributed by atoms with E-state index >= 15 is 0 Å². The predicted molar refractivity (Wildman–Crippen MR) is 29.3 cm³/mol. The maximum absolute atomic E-state index is 7.21. The molecule has 0 aromatic heterocycles. The second kappa shape index (κ2) is 3.44. The lowest BCUT2D eigenvalue weighted by Crippen LogP contribution is -2.13. The summed E-state index contributed by atoms with van der Waals surface area (Å²) in [6, 6.07) is 0. The zero-order valence-electron chi connectivity index (χ0n) is 12.8. The molecule has 0 aliphatic heterocycles. The molecule has 0 N–H and O–H groups in total. The van der Waals surface area contributed by atoms with Crippen LogP contribution < -0.4 is 0 Å². The minimum absolute atomic E-state index is 0.528. The van der Waals surface area contributed by atoms with Crippen molar-refractivity contribution in [2.45, 2.75) is 0 Å². The Balaban J connectivity index is 5.57. The van der Waals surface area contributed by atoms with E-state index in [1.165, 1.54) is 0 Å². The van der Waals surface area contributed by atoms with Gasteiger partial charge in [-0.2, -0.15) is 0 Å². The topological polar surface area (TPSA) is 3.24 Å². The minimum atomic E-state index is -3.37. The smallest absolute Gasteiger partial charge is 0.0449 e. The predicted octanol–water partition coefficient (Wildman–Crippen LogP) is 0.787. The van der Waals surface area contributed by atoms with Gasteiger partial charge in [0.05, 0.1) is 0 Å². The number of rotatable bonds is 2. The van der Waals surface area contributed by atoms with Crippen LogP contribution >= 0.6 is 11.6 Å². The van der Waals surface area contributed by atoms with Crippen LogP contribution in [0.15, 0.2) is 0 Å². The molecule has 0 aromatic rings. The molecule has 0 saturated carbocycles. The van der Waals surface area contributed by atoms with Gasteiger partial charge in [-0.1, -0.05) is 0 Å². The van der Waals surface area contributed by atoms with Crippen molar-refractivity contribution >= 4 is 11.6 Å². The molecule has 0 aromatic carbocycles. The van der Waals surface area contributed by atoms with Gasteiger partial charge in [0.1, 0.15) is 0 Å². The van der Waals surface area contributed by atoms with Gasteiger partial charge in [0, 0.05) is 26.0 Å². The second-order valence-corrected chi connectivity index (χ2v) is 0.731. The van der Waals surface area contributed by atoms with Crippen LogP contribution in [0.4, 0.5) is 0 Å². The molecule has 0 heterocycles. The summed E-state index contributed by atoms with van der Waals surface area (Å²) in [6.45, 7) is -10.0. The van der Waals surface area contributed by atoms with Gasteiger partial charge >= 0.3 is 0 Å². The number of nitrogens with zero attached hydrogens (tertiary/aromatic N) is 1. The Bertz CT molecular complexity index is 233. The standard InChI is InChI=1S/C4H10ClN/c1-6(2)4-3-5/h3-4H2,1-2H3/i1D3,2D3,3D2,4D2. The van der Waals surface area contributed by atoms with E-state index in [0.717, 1.165) is 0 Å². The van der Waals surface area contributed by atoms with Crippen molar-refractivity contribution in [3.8, 4) is 0 Å². The van der Waals surface area contributed by atoms with E-state index in [4.69, 9.17) is 25.3 Å². The Morgan fingerprint density at radius 2 is 2.67 bits per heavy atom. The highest BCUT2D eigenvalue weighted by Crippen LogP contribution is 1.75. The summed E-state index contributed by atoms with van der Waals surface area (Å²) in [5, 5.41) is 0. The molecule has 0 bridgehead atoms. The van der Waals surface area contributed by atoms with Crippen LogP contribution in [0.3, 0.4) is 0 Å². The number of hydrogen-bond donors (Lipinski definition) is 0. The van der Waals surface area contributed by atoms with E-state index in [-0.39, 0.29) is 0 Å². The second-order valence-electron chi connectivity index (χ2n) is 0.542. The lowest BCUT2D eigenvalue weighted by molar-refractivity contribution is 0.436. The normalized spacial score (nSPS) is 43.7. The highest BCUT2D eigenvalue weighted by atomic mass is 35.5. The Hall–Kier alpha value is 0.250. The van der Waals surface area contributed by atoms with E-state index in [2.05, 4.69) is 0 Å². The highest BCUT2D eigenvalue weighted by molar-refractivity contribution is 6.18. The zero-order valence-corrected chi connectivity index (χ0v) is 3.58. The Labute approximate surface area is 57.9 Å². The Kier molecular flexibility index (Phi) is 0.425. The van der Waals surface area contributed by atoms with Crippen molar-refractivity contribution in [1.82, 2.24) is 4.90 Å². The fraction of sp³-hybridized carbons (Fsp3) is 1.00. The van der Waals surface area contributed by atoms with Gasteiger partial charge in [-0.15, -0.1) is 11.6 Å². The average molecular weight is 118 g/mol. The molecule has 0 unspecified atom stereocenters. The van der Waals surface area contributed by atoms with E-state index in [1.807, 2.05) is 0 Å². The number of alkyl halides is 1. The van der Waals surface area contributed by atoms with Crippen molar-refractivity contribution < 1.29 is 13.7 Å². The minimum Gasteiger partial charge on any atom is -0.308 e. The summed E-state index contributed by atoms with van der Waals surface area (Å²) >= 11 is 5.05. The van der Waals surface area contributed by atoms with Crippen LogP contribution in [-0.4, -0.2) is 31.2 Å². The first kappa shape index (κ1) is 0.741. The van der Waals surface area contributed by atoms with Gasteiger partial charge in [-0.3, -0.25) is 0 Å². The van der Waals surface area contributed by atoms with Gasteiger partial charge < -0.3 is 4.90 Å². The summed E-state index contributed by atoms with van der Waals surface area (Å²) in [4.78, 5) is -0.528. The lowest BCUT2D eigenvalue weighted by Gasteiger charge is -2.02. The molecule has 0 spiro atoms. The summed E-state index contributed by atoms with van der Waals surface area (Å²) in [6.07, 6.45) is 0. The van der Waals surface area contributed by atoms with E-state index in [1.54, 1.807) is 0 Å². The summed E-state index contributed by atoms with van der Waals surface area (Å²) in [5.74, 6) is -3.16. The quantitative estimate of drug-likeness (QED) is 0.484. The lowest BCUT2D eigenvalue weighted by atomic mass is 10.7. The average Bonchev–Trinajstić information content (AvgIpc) is 1.72. The monoisotopic (exact) mass is 117 g/mol. The van der Waals surface area contributed by atoms with Gasteiger partial charge in [-0.25, -0.2) is 0 Å². The molecule has 2 heteroatoms. The van der Waals surface area contributed by atoms with Crippen molar-refractivity contribution in [2.24, 2.45) is 0 Å². The molecule has 0 radical (unpaired) electrons. The van der Waals surface area contributed by atoms with Gasteiger partial charge in [-0.05, 0) is 14.0 Å². The molecule has 0 atom stereocenters. The van der Waals surface area contributed by atoms with Crippen molar-refractivity contribution in [1.29, 1.82) is 0 Å². The van der Waals surface area contributed by atoms with Crippen molar-refractivity contribution in [2.75, 3.05) is 26.3 Å². The van der Waals surface area contributed by atoms with E-state index in [9.17, 15) is 0 Å². The Morgan fingerprint density at radius 1 is 2.00 bits per heavy atom. The van der Waals surface area contributed by atoms with E-state index in [0.29, 0.717) is 0 Å². The third-order valence-electron chi connectivity index (χ3n) is 0.154. The molecule has 0 fully saturated rings. The number of halogens is 1. The van der Waals surface area contributed by atoms with Crippen LogP contribution in [0.2, 0.25) is 0 Å². The van der Waals surface area contributed by atoms with Gasteiger partial charge in [0.2, 0.25) is 0 Å². The third kappa shape index (κ3) is 4.25. The first-order valence-electron chi connectivity index (χ1n) is 6.11. The molecular formula is C4H10ClN. The van der Waals surface area contributed by atoms with Crippen LogP contribution in [-0.2, 0) is 0 Å². The fourth-order valence-electron chi connectivity index (χ4n) is 0.0423. The molecule has 6 heavy (non-hydrogen) atoms. The van der Waals surface area contributed by atoms with Crippen LogP contribution in [0, 0.1) is 0 Å². The zero-order chi connectivity index (χ0) is 13.6. The highest BCUT2D eigenvalue weighted by Gasteiger charge is 1.81. The van der Waals surface area contributed by atoms with Crippen LogP contribution in [0.1, 0.15) is 13.7 Å². The maximum Gasteiger partial charge on any atom is 0.0449 e. The summed E-state index contributed by atoms with van der Waals surface area (Å²) < 4.78 is 69.8. The molecule has 0 aliphatic rings. The van der Waals surface area contributed by atoms with E-state index < -0.39 is 31.2 Å². The molecule has 0 saturated heterocycles. The molecule has 0 aliphatic carbocycles. The van der Waals surface area contributed by atoms with Crippen LogP contribution in [0.25, 0.3) is 0 Å². The number of hydrogen-bond acceptors (Lipinski definition) is 1. The summed E-state index contributed by atoms with van der Waals surface area (Å²) in [5.41, 5.74) is 0. The first-order chi connectivity index (χ1) is 6.62. The first-order valence-corrected chi connectivity index (χ1v) is 1.49. The third-order valence-corrected chi connectivity index (χ3v) is 0.239. The molecule has 38 valence electrons. The molecule has 0 amide bonds. The Morgan fingerprint density at radius 3 is 2.83 bits per heavy atom. The van der Waals surface area contributed by atoms with Crippen molar-refractivity contribution in [3.63, 3.8) is 0 Å². The van der Waals surface area contributed by atoms with Gasteiger partial charge in [0.15, 0.2) is 0 Å². The molecule has 0 rings (SSSR count).